The van der Waals surface area contributed by atoms with Gasteiger partial charge in [-0.05, 0) is 111 Å². The van der Waals surface area contributed by atoms with Crippen molar-refractivity contribution < 1.29 is 39.6 Å². The van der Waals surface area contributed by atoms with E-state index in [9.17, 15) is 39.6 Å². The maximum Gasteiger partial charge on any atom is 0.405 e. The maximum absolute atomic E-state index is 12.6. The maximum atomic E-state index is 12.6. The van der Waals surface area contributed by atoms with E-state index in [0.717, 1.165) is 19.1 Å². The molecule has 0 saturated heterocycles. The van der Waals surface area contributed by atoms with Gasteiger partial charge in [0.25, 0.3) is 0 Å². The van der Waals surface area contributed by atoms with Gasteiger partial charge >= 0.3 is 12.4 Å². The molecule has 244 valence electrons. The van der Waals surface area contributed by atoms with Crippen molar-refractivity contribution in [3.8, 4) is 0 Å². The Hall–Kier alpha value is -0.570. The number of hydrogen-bond acceptors (Lipinski definition) is 4. The van der Waals surface area contributed by atoms with Crippen LogP contribution in [-0.2, 0) is 26.8 Å². The zero-order valence-electron chi connectivity index (χ0n) is 24.5. The minimum absolute atomic E-state index is 0. The van der Waals surface area contributed by atoms with Gasteiger partial charge in [0.15, 0.2) is 0 Å². The summed E-state index contributed by atoms with van der Waals surface area (Å²) in [5.41, 5.74) is 4.83. The molecule has 6 nitrogen and oxygen atoms in total. The van der Waals surface area contributed by atoms with E-state index in [0.29, 0.717) is 37.5 Å². The topological polar surface area (TPSA) is 102 Å². The van der Waals surface area contributed by atoms with E-state index in [-0.39, 0.29) is 23.1 Å². The highest BCUT2D eigenvalue weighted by Gasteiger charge is 2.50. The molecule has 0 heterocycles. The van der Waals surface area contributed by atoms with Crippen LogP contribution in [0.1, 0.15) is 92.9 Å². The van der Waals surface area contributed by atoms with E-state index >= 15 is 0 Å². The molecule has 0 aliphatic heterocycles. The first kappa shape index (κ1) is 40.4. The minimum atomic E-state index is -4.30. The summed E-state index contributed by atoms with van der Waals surface area (Å²) >= 11 is 0. The van der Waals surface area contributed by atoms with Gasteiger partial charge in [0.2, 0.25) is 0 Å². The number of carbonyl (C=O) groups is 1. The molecule has 0 radical (unpaired) electrons. The number of carbonyl (C=O) groups excluding carboxylic acids is 1. The summed E-state index contributed by atoms with van der Waals surface area (Å²) < 4.78 is 101. The predicted octanol–water partition coefficient (Wildman–Crippen LogP) is 6.61. The third-order valence-electron chi connectivity index (χ3n) is 6.07. The van der Waals surface area contributed by atoms with Gasteiger partial charge in [0.05, 0.1) is 20.5 Å². The Labute approximate surface area is 251 Å². The minimum Gasteiger partial charge on any atom is -0.320 e. The molecule has 4 atom stereocenters. The molecule has 4 aliphatic rings. The average molecular weight is 662 g/mol. The molecule has 3 N–H and O–H groups in total. The number of rotatable bonds is 7. The Morgan fingerprint density at radius 2 is 1.20 bits per heavy atom. The van der Waals surface area contributed by atoms with Gasteiger partial charge in [-0.15, -0.1) is 12.4 Å². The van der Waals surface area contributed by atoms with Gasteiger partial charge in [-0.2, -0.15) is 30.7 Å². The van der Waals surface area contributed by atoms with Crippen LogP contribution >= 0.6 is 12.4 Å². The lowest BCUT2D eigenvalue weighted by atomic mass is 10.2. The highest BCUT2D eigenvalue weighted by Crippen LogP contribution is 2.41. The van der Waals surface area contributed by atoms with Crippen LogP contribution in [0.5, 0.6) is 0 Å². The molecule has 15 heteroatoms. The van der Waals surface area contributed by atoms with Crippen molar-refractivity contribution in [1.82, 2.24) is 4.72 Å². The summed E-state index contributed by atoms with van der Waals surface area (Å²) in [4.78, 5) is 9.57. The monoisotopic (exact) mass is 661 g/mol. The van der Waals surface area contributed by atoms with Gasteiger partial charge in [0.1, 0.15) is 29.4 Å². The number of hydrogen-bond donors (Lipinski definition) is 2. The first-order valence-corrected chi connectivity index (χ1v) is 15.8. The fraction of sp³-hybridized carbons (Fsp3) is 0.923. The molecule has 4 aliphatic carbocycles. The number of aldehydes is 1. The fourth-order valence-corrected chi connectivity index (χ4v) is 4.16. The molecule has 0 aromatic rings. The Kier molecular flexibility index (Phi) is 16.3. The number of halogens is 7. The van der Waals surface area contributed by atoms with Crippen molar-refractivity contribution >= 4 is 46.9 Å². The predicted molar refractivity (Wildman–Crippen MR) is 155 cm³/mol. The van der Waals surface area contributed by atoms with Crippen LogP contribution in [0.4, 0.5) is 26.3 Å². The number of nitrogens with one attached hydrogen (secondary N) is 1. The number of nitrogens with zero attached hydrogens (tertiary/aromatic N) is 1. The molecule has 0 amide bonds. The van der Waals surface area contributed by atoms with E-state index in [1.165, 1.54) is 12.8 Å². The highest BCUT2D eigenvalue weighted by atomic mass is 35.5. The molecule has 0 spiro atoms. The molecule has 0 bridgehead atoms. The lowest BCUT2D eigenvalue weighted by molar-refractivity contribution is -0.155. The summed E-state index contributed by atoms with van der Waals surface area (Å²) in [6, 6.07) is -3.19. The van der Waals surface area contributed by atoms with Gasteiger partial charge in [-0.3, -0.25) is 0 Å². The van der Waals surface area contributed by atoms with E-state index in [2.05, 4.69) is 9.12 Å². The van der Waals surface area contributed by atoms with Crippen LogP contribution in [-0.4, -0.2) is 54.8 Å². The third-order valence-corrected chi connectivity index (χ3v) is 9.01. The van der Waals surface area contributed by atoms with Gasteiger partial charge in [-0.1, -0.05) is 0 Å². The quantitative estimate of drug-likeness (QED) is 0.182. The van der Waals surface area contributed by atoms with E-state index in [4.69, 9.17) is 5.73 Å². The smallest absolute Gasteiger partial charge is 0.320 e. The van der Waals surface area contributed by atoms with Gasteiger partial charge < -0.3 is 10.5 Å². The number of nitrogens with two attached hydrogens (primary N) is 1. The SMILES string of the molecule is CC(C)(C)[S@@](=O)N=CC1CC1.CC(C)(C)[S@@](=O)NC(C1CC1)C(F)(F)F.Cl.NC(C1CC1)C(F)(F)F.O=CC1CC1. The van der Waals surface area contributed by atoms with Crippen LogP contribution in [0.3, 0.4) is 0 Å². The second kappa shape index (κ2) is 16.5. The largest absolute Gasteiger partial charge is 0.405 e. The highest BCUT2D eigenvalue weighted by molar-refractivity contribution is 7.85. The summed E-state index contributed by atoms with van der Waals surface area (Å²) in [5, 5.41) is 0. The van der Waals surface area contributed by atoms with Crippen molar-refractivity contribution in [2.45, 2.75) is 127 Å². The molecule has 0 aromatic carbocycles. The van der Waals surface area contributed by atoms with E-state index < -0.39 is 57.1 Å². The molecule has 4 fully saturated rings. The summed E-state index contributed by atoms with van der Waals surface area (Å²) in [5.74, 6) is 0.401. The standard InChI is InChI=1S/C9H16F3NOS.C8H15NOS.C5H8F3N.C4H6O.ClH/c1-8(2,3)15(14)13-7(6-4-5-6)9(10,11)12;1-8(2,3)11(10)9-6-7-4-5-7;6-5(7,8)4(9)3-1-2-3;5-3-4-1-2-4;/h6-7,13H,4-5H2,1-3H3;6-7H,4-5H2,1-3H3;3-4H,1-2,9H2;3-4H,1-2H2;1H/t7?,15-;11-;;;/m11.../s1. The zero-order chi connectivity index (χ0) is 31.1. The van der Waals surface area contributed by atoms with Gasteiger partial charge in [-0.25, -0.2) is 13.1 Å². The van der Waals surface area contributed by atoms with E-state index in [1.54, 1.807) is 20.8 Å². The summed E-state index contributed by atoms with van der Waals surface area (Å²) in [6.07, 6.45) is 1.55. The molecule has 2 unspecified atom stereocenters. The van der Waals surface area contributed by atoms with Crippen molar-refractivity contribution in [1.29, 1.82) is 0 Å². The average Bonchev–Trinajstić information content (AvgIpc) is 3.61. The van der Waals surface area contributed by atoms with Crippen LogP contribution in [0.25, 0.3) is 0 Å². The van der Waals surface area contributed by atoms with Crippen molar-refractivity contribution in [3.05, 3.63) is 0 Å². The molecular weight excluding hydrogens is 616 g/mol. The number of alkyl halides is 6. The molecule has 0 aromatic heterocycles. The summed E-state index contributed by atoms with van der Waals surface area (Å²) in [7, 11) is -2.71. The Bertz CT molecular complexity index is 876. The zero-order valence-corrected chi connectivity index (χ0v) is 27.0. The Balaban J connectivity index is 0.000000545. The van der Waals surface area contributed by atoms with Crippen molar-refractivity contribution in [3.63, 3.8) is 0 Å². The second-order valence-corrected chi connectivity index (χ2v) is 16.6. The Morgan fingerprint density at radius 1 is 0.756 bits per heavy atom. The lowest BCUT2D eigenvalue weighted by Crippen LogP contribution is -2.48. The Morgan fingerprint density at radius 3 is 1.41 bits per heavy atom. The molecule has 4 rings (SSSR count). The van der Waals surface area contributed by atoms with Crippen LogP contribution < -0.4 is 10.5 Å². The molecule has 4 saturated carbocycles. The summed E-state index contributed by atoms with van der Waals surface area (Å²) in [6.45, 7) is 10.8. The molecular formula is C26H46ClF6N3O3S2. The lowest BCUT2D eigenvalue weighted by Gasteiger charge is -2.25. The van der Waals surface area contributed by atoms with Crippen molar-refractivity contribution in [2.75, 3.05) is 0 Å². The first-order chi connectivity index (χ1) is 18.1. The normalized spacial score (nSPS) is 22.3. The first-order valence-electron chi connectivity index (χ1n) is 13.6. The van der Waals surface area contributed by atoms with Crippen LogP contribution in [0.2, 0.25) is 0 Å². The van der Waals surface area contributed by atoms with Crippen LogP contribution in [0, 0.1) is 23.7 Å². The molecule has 41 heavy (non-hydrogen) atoms. The van der Waals surface area contributed by atoms with Crippen LogP contribution in [0.15, 0.2) is 4.40 Å². The second-order valence-electron chi connectivity index (χ2n) is 12.7. The fourth-order valence-electron chi connectivity index (χ4n) is 2.65. The third kappa shape index (κ3) is 18.6. The van der Waals surface area contributed by atoms with Crippen molar-refractivity contribution in [2.24, 2.45) is 33.8 Å². The van der Waals surface area contributed by atoms with E-state index in [1.807, 2.05) is 27.0 Å². The van der Waals surface area contributed by atoms with Gasteiger partial charge in [0, 0.05) is 12.1 Å².